The van der Waals surface area contributed by atoms with E-state index in [0.717, 1.165) is 4.31 Å². The number of hydrogen-bond acceptors (Lipinski definition) is 6. The largest absolute Gasteiger partial charge is 0.354 e. The number of anilines is 2. The van der Waals surface area contributed by atoms with Crippen LogP contribution in [0.1, 0.15) is 16.8 Å². The Morgan fingerprint density at radius 3 is 2.47 bits per heavy atom. The fourth-order valence-corrected chi connectivity index (χ4v) is 6.62. The van der Waals surface area contributed by atoms with Crippen LogP contribution in [0.4, 0.5) is 11.4 Å². The maximum absolute atomic E-state index is 12.8. The van der Waals surface area contributed by atoms with Gasteiger partial charge >= 0.3 is 0 Å². The van der Waals surface area contributed by atoms with Crippen LogP contribution >= 0.6 is 0 Å². The molecule has 0 unspecified atom stereocenters. The third-order valence-electron chi connectivity index (χ3n) is 5.25. The molecule has 2 aliphatic heterocycles. The molecule has 2 aliphatic rings. The van der Waals surface area contributed by atoms with Gasteiger partial charge in [0.25, 0.3) is 5.91 Å². The van der Waals surface area contributed by atoms with Crippen LogP contribution in [-0.4, -0.2) is 64.9 Å². The van der Waals surface area contributed by atoms with Crippen molar-refractivity contribution in [1.29, 1.82) is 0 Å². The second kappa shape index (κ2) is 8.52. The Labute approximate surface area is 186 Å². The minimum Gasteiger partial charge on any atom is -0.354 e. The molecule has 2 fully saturated rings. The first-order valence-corrected chi connectivity index (χ1v) is 13.0. The van der Waals surface area contributed by atoms with Crippen molar-refractivity contribution < 1.29 is 26.4 Å². The Kier molecular flexibility index (Phi) is 5.93. The maximum Gasteiger partial charge on any atom is 0.255 e. The van der Waals surface area contributed by atoms with Gasteiger partial charge in [-0.25, -0.2) is 16.8 Å². The lowest BCUT2D eigenvalue weighted by atomic mass is 10.2. The van der Waals surface area contributed by atoms with Gasteiger partial charge in [0, 0.05) is 30.9 Å². The lowest BCUT2D eigenvalue weighted by Crippen LogP contribution is -2.49. The molecule has 2 N–H and O–H groups in total. The highest BCUT2D eigenvalue weighted by atomic mass is 32.2. The first-order chi connectivity index (χ1) is 15.2. The first-order valence-electron chi connectivity index (χ1n) is 9.95. The van der Waals surface area contributed by atoms with Gasteiger partial charge in [0.2, 0.25) is 26.0 Å². The van der Waals surface area contributed by atoms with Crippen LogP contribution in [-0.2, 0) is 24.8 Å². The molecule has 0 bridgehead atoms. The Morgan fingerprint density at radius 1 is 1.06 bits per heavy atom. The maximum atomic E-state index is 12.8. The van der Waals surface area contributed by atoms with Crippen molar-refractivity contribution in [3.63, 3.8) is 0 Å². The van der Waals surface area contributed by atoms with E-state index in [1.807, 2.05) is 0 Å². The molecule has 10 nitrogen and oxygen atoms in total. The van der Waals surface area contributed by atoms with E-state index in [0.29, 0.717) is 24.2 Å². The van der Waals surface area contributed by atoms with E-state index in [-0.39, 0.29) is 41.9 Å². The summed E-state index contributed by atoms with van der Waals surface area (Å²) in [5.41, 5.74) is 1.08. The summed E-state index contributed by atoms with van der Waals surface area (Å²) in [5.74, 6) is -0.724. The predicted molar refractivity (Wildman–Crippen MR) is 118 cm³/mol. The van der Waals surface area contributed by atoms with Crippen LogP contribution in [0.5, 0.6) is 0 Å². The number of nitrogens with zero attached hydrogens (tertiary/aromatic N) is 2. The number of hydrogen-bond donors (Lipinski definition) is 2. The second-order valence-electron chi connectivity index (χ2n) is 7.46. The fourth-order valence-electron chi connectivity index (χ4n) is 3.62. The summed E-state index contributed by atoms with van der Waals surface area (Å²) in [4.78, 5) is 24.1. The molecule has 12 heteroatoms. The van der Waals surface area contributed by atoms with Gasteiger partial charge in [-0.1, -0.05) is 6.07 Å². The molecule has 0 aliphatic carbocycles. The number of rotatable bonds is 5. The number of nitrogens with one attached hydrogen (secondary N) is 2. The average molecular weight is 479 g/mol. The van der Waals surface area contributed by atoms with E-state index in [1.165, 1.54) is 34.6 Å². The van der Waals surface area contributed by atoms with Crippen LogP contribution in [0.2, 0.25) is 0 Å². The van der Waals surface area contributed by atoms with Crippen molar-refractivity contribution in [3.8, 4) is 0 Å². The number of amides is 2. The molecule has 0 radical (unpaired) electrons. The minimum absolute atomic E-state index is 0.0282. The van der Waals surface area contributed by atoms with Gasteiger partial charge < -0.3 is 10.6 Å². The summed E-state index contributed by atoms with van der Waals surface area (Å²) in [5, 5.41) is 5.23. The molecule has 0 atom stereocenters. The van der Waals surface area contributed by atoms with E-state index in [4.69, 9.17) is 0 Å². The van der Waals surface area contributed by atoms with Crippen LogP contribution in [0.15, 0.2) is 53.4 Å². The molecule has 2 saturated heterocycles. The monoisotopic (exact) mass is 478 g/mol. The number of carbonyl (C=O) groups excluding carboxylic acids is 2. The van der Waals surface area contributed by atoms with Crippen molar-refractivity contribution in [3.05, 3.63) is 54.1 Å². The molecule has 0 aromatic heterocycles. The lowest BCUT2D eigenvalue weighted by Gasteiger charge is -2.26. The molecule has 0 spiro atoms. The molecule has 2 heterocycles. The summed E-state index contributed by atoms with van der Waals surface area (Å²) in [7, 11) is -7.19. The third kappa shape index (κ3) is 4.47. The van der Waals surface area contributed by atoms with Gasteiger partial charge in [-0.05, 0) is 48.9 Å². The van der Waals surface area contributed by atoms with E-state index in [2.05, 4.69) is 10.6 Å². The molecule has 2 aromatic carbocycles. The Balaban J connectivity index is 1.49. The summed E-state index contributed by atoms with van der Waals surface area (Å²) in [6.07, 6.45) is 0.561. The van der Waals surface area contributed by atoms with Crippen molar-refractivity contribution in [1.82, 2.24) is 9.62 Å². The molecule has 4 rings (SSSR count). The fraction of sp³-hybridized carbons (Fsp3) is 0.300. The van der Waals surface area contributed by atoms with Crippen molar-refractivity contribution in [2.45, 2.75) is 11.3 Å². The van der Waals surface area contributed by atoms with Crippen LogP contribution < -0.4 is 14.9 Å². The highest BCUT2D eigenvalue weighted by molar-refractivity contribution is 7.93. The highest BCUT2D eigenvalue weighted by Crippen LogP contribution is 2.25. The first kappa shape index (κ1) is 22.2. The van der Waals surface area contributed by atoms with E-state index < -0.39 is 26.0 Å². The number of piperazine rings is 1. The summed E-state index contributed by atoms with van der Waals surface area (Å²) >= 11 is 0. The van der Waals surface area contributed by atoms with Gasteiger partial charge in [0.15, 0.2) is 0 Å². The molecule has 2 aromatic rings. The molecule has 0 saturated carbocycles. The molecular formula is C20H22N4O6S2. The van der Waals surface area contributed by atoms with Crippen molar-refractivity contribution in [2.24, 2.45) is 0 Å². The Hall–Kier alpha value is -2.96. The zero-order valence-corrected chi connectivity index (χ0v) is 18.7. The van der Waals surface area contributed by atoms with E-state index >= 15 is 0 Å². The SMILES string of the molecule is O=C1CN(S(=O)(=O)c2cccc(NC(=O)c3ccc(N4CCCS4(=O)=O)cc3)c2)CCN1. The quantitative estimate of drug-likeness (QED) is 0.647. The van der Waals surface area contributed by atoms with Crippen LogP contribution in [0.3, 0.4) is 0 Å². The van der Waals surface area contributed by atoms with E-state index in [9.17, 15) is 26.4 Å². The smallest absolute Gasteiger partial charge is 0.255 e. The standard InChI is InChI=1S/C20H22N4O6S2/c25-19-14-23(11-9-21-19)32(29,30)18-4-1-3-16(13-18)22-20(26)15-5-7-17(8-6-15)24-10-2-12-31(24,27)28/h1,3-8,13H,2,9-12,14H2,(H,21,25)(H,22,26). The predicted octanol–water partition coefficient (Wildman–Crippen LogP) is 0.599. The summed E-state index contributed by atoms with van der Waals surface area (Å²) in [6.45, 7) is 0.568. The van der Waals surface area contributed by atoms with Gasteiger partial charge in [-0.3, -0.25) is 13.9 Å². The highest BCUT2D eigenvalue weighted by Gasteiger charge is 2.30. The Bertz CT molecular complexity index is 1260. The van der Waals surface area contributed by atoms with E-state index in [1.54, 1.807) is 18.2 Å². The van der Waals surface area contributed by atoms with Gasteiger partial charge in [0.1, 0.15) is 0 Å². The molecular weight excluding hydrogens is 456 g/mol. The summed E-state index contributed by atoms with van der Waals surface area (Å²) < 4.78 is 52.2. The Morgan fingerprint density at radius 2 is 1.81 bits per heavy atom. The zero-order valence-electron chi connectivity index (χ0n) is 17.0. The third-order valence-corrected chi connectivity index (χ3v) is 8.96. The molecule has 2 amide bonds. The number of benzene rings is 2. The minimum atomic E-state index is -3.89. The second-order valence-corrected chi connectivity index (χ2v) is 11.4. The van der Waals surface area contributed by atoms with Gasteiger partial charge in [-0.2, -0.15) is 4.31 Å². The molecule has 170 valence electrons. The number of sulfonamides is 2. The zero-order chi connectivity index (χ0) is 22.9. The summed E-state index contributed by atoms with van der Waals surface area (Å²) in [6, 6.07) is 12.0. The normalized spacial score (nSPS) is 18.9. The van der Waals surface area contributed by atoms with Crippen molar-refractivity contribution >= 4 is 43.2 Å². The van der Waals surface area contributed by atoms with Gasteiger partial charge in [-0.15, -0.1) is 0 Å². The van der Waals surface area contributed by atoms with Gasteiger partial charge in [0.05, 0.1) is 22.9 Å². The van der Waals surface area contributed by atoms with Crippen LogP contribution in [0.25, 0.3) is 0 Å². The topological polar surface area (TPSA) is 133 Å². The molecule has 32 heavy (non-hydrogen) atoms. The lowest BCUT2D eigenvalue weighted by molar-refractivity contribution is -0.122. The number of carbonyl (C=O) groups is 2. The average Bonchev–Trinajstić information content (AvgIpc) is 3.13. The van der Waals surface area contributed by atoms with Crippen LogP contribution in [0, 0.1) is 0 Å². The van der Waals surface area contributed by atoms with Crippen molar-refractivity contribution in [2.75, 3.05) is 41.6 Å².